The Morgan fingerprint density at radius 3 is 1.99 bits per heavy atom. The van der Waals surface area contributed by atoms with Crippen molar-refractivity contribution >= 4 is 76.4 Å². The number of halogens is 1. The summed E-state index contributed by atoms with van der Waals surface area (Å²) in [6.07, 6.45) is 7.60. The Morgan fingerprint density at radius 2 is 1.32 bits per heavy atom. The molecule has 1 aliphatic heterocycles. The summed E-state index contributed by atoms with van der Waals surface area (Å²) < 4.78 is 33.6. The van der Waals surface area contributed by atoms with E-state index in [0.29, 0.717) is 44.6 Å². The summed E-state index contributed by atoms with van der Waals surface area (Å²) in [5.74, 6) is -6.82. The van der Waals surface area contributed by atoms with Crippen molar-refractivity contribution < 1.29 is 86.3 Å². The van der Waals surface area contributed by atoms with Crippen LogP contribution in [0.3, 0.4) is 0 Å². The highest BCUT2D eigenvalue weighted by molar-refractivity contribution is 6.26. The van der Waals surface area contributed by atoms with Crippen molar-refractivity contribution in [2.75, 3.05) is 98.9 Å². The second-order valence-corrected chi connectivity index (χ2v) is 22.6. The number of Topliss-reactive ketones (excluding diaryl/α,β-unsaturated/α-hetero) is 1. The van der Waals surface area contributed by atoms with Crippen molar-refractivity contribution in [3.63, 3.8) is 0 Å². The van der Waals surface area contributed by atoms with Crippen LogP contribution in [0.1, 0.15) is 78.2 Å². The summed E-state index contributed by atoms with van der Waals surface area (Å²) in [5.41, 5.74) is -2.07. The minimum atomic E-state index is -1.71. The van der Waals surface area contributed by atoms with Gasteiger partial charge in [0.2, 0.25) is 41.2 Å². The van der Waals surface area contributed by atoms with Gasteiger partial charge in [-0.15, -0.1) is 11.6 Å². The molecule has 3 fully saturated rings. The average molecular weight is 1210 g/mol. The van der Waals surface area contributed by atoms with E-state index in [9.17, 15) is 57.8 Å². The topological polar surface area (TPSA) is 339 Å². The Morgan fingerprint density at radius 1 is 0.718 bits per heavy atom. The molecule has 3 saturated carbocycles. The molecule has 1 aromatic carbocycles. The van der Waals surface area contributed by atoms with E-state index in [-0.39, 0.29) is 102 Å². The number of imide groups is 1. The molecule has 6 rings (SSSR count). The van der Waals surface area contributed by atoms with Crippen LogP contribution in [0.4, 0.5) is 0 Å². The fourth-order valence-electron chi connectivity index (χ4n) is 12.3. The monoisotopic (exact) mass is 1210 g/mol. The first-order chi connectivity index (χ1) is 40.6. The molecule has 0 saturated heterocycles. The molecular weight excluding hydrogens is 1130 g/mol. The number of nitrogens with zero attached hydrogens (tertiary/aromatic N) is 1. The molecule has 0 aromatic heterocycles. The lowest BCUT2D eigenvalue weighted by atomic mass is 9.45. The molecule has 5 aliphatic rings. The van der Waals surface area contributed by atoms with E-state index in [1.54, 1.807) is 49.4 Å². The number of aliphatic hydroxyl groups excluding tert-OH is 1. The summed E-state index contributed by atoms with van der Waals surface area (Å²) in [5, 5.41) is 27.2. The first kappa shape index (κ1) is 67.4. The molecule has 0 bridgehead atoms. The number of fused-ring (bicyclic) bond motifs is 5. The molecule has 1 heterocycles. The second-order valence-electron chi connectivity index (χ2n) is 22.0. The standard InChI is InChI=1S/C59H80ClN7O18/c1-5-54(78)85-59(38(2)29-43-42-12-11-40-31-41(68)15-18-56(40,3)58(42,60)45(69)32-57(43,59)4)46(70)36-84-37-65-50(74)34-64-55(79)44(30-39-9-7-6-8-10-39)66-51(75)35-63-49(73)33-62-48(72)17-21-80-23-25-82-27-28-83-26-24-81-22-19-61-47(71)16-20-67-52(76)13-14-53(67)77/h6-10,13-15,18,31,38,42-45,69H,5,11-12,16-17,19-30,32-37H2,1-4H3,(H,61,71)(H,62,72)(H,63,73)(H,64,79)(H,65,74)(H,66,75)/t38-,42-,43?,44-,45-,56-,57-,58-,59-/m0/s1. The average Bonchev–Trinajstić information content (AvgIpc) is 1.65. The van der Waals surface area contributed by atoms with Gasteiger partial charge in [0, 0.05) is 67.7 Å². The largest absolute Gasteiger partial charge is 0.450 e. The quantitative estimate of drug-likeness (QED) is 0.0157. The fourth-order valence-corrected chi connectivity index (χ4v) is 12.9. The van der Waals surface area contributed by atoms with Gasteiger partial charge in [-0.05, 0) is 55.2 Å². The van der Waals surface area contributed by atoms with Crippen LogP contribution in [0.15, 0.2) is 66.3 Å². The van der Waals surface area contributed by atoms with E-state index in [1.807, 2.05) is 20.8 Å². The van der Waals surface area contributed by atoms with Gasteiger partial charge in [0.1, 0.15) is 19.4 Å². The lowest BCUT2D eigenvalue weighted by Gasteiger charge is -2.64. The van der Waals surface area contributed by atoms with E-state index in [4.69, 9.17) is 40.0 Å². The predicted molar refractivity (Wildman–Crippen MR) is 303 cm³/mol. The third-order valence-electron chi connectivity index (χ3n) is 16.6. The summed E-state index contributed by atoms with van der Waals surface area (Å²) >= 11 is 7.62. The predicted octanol–water partition coefficient (Wildman–Crippen LogP) is 0.188. The smallest absolute Gasteiger partial charge is 0.306 e. The van der Waals surface area contributed by atoms with Gasteiger partial charge in [0.05, 0.1) is 83.5 Å². The third-order valence-corrected chi connectivity index (χ3v) is 17.6. The Labute approximate surface area is 498 Å². The number of ketones is 2. The molecule has 1 unspecified atom stereocenters. The van der Waals surface area contributed by atoms with Crippen molar-refractivity contribution in [3.8, 4) is 0 Å². The zero-order valence-electron chi connectivity index (χ0n) is 48.6. The van der Waals surface area contributed by atoms with Gasteiger partial charge in [-0.3, -0.25) is 57.6 Å². The van der Waals surface area contributed by atoms with Gasteiger partial charge in [-0.2, -0.15) is 0 Å². The number of amides is 8. The Hall–Kier alpha value is -6.74. The number of carbonyl (C=O) groups excluding carboxylic acids is 11. The first-order valence-corrected chi connectivity index (χ1v) is 29.1. The number of esters is 1. The highest BCUT2D eigenvalue weighted by atomic mass is 35.5. The summed E-state index contributed by atoms with van der Waals surface area (Å²) in [6, 6.07) is 7.58. The molecule has 8 amide bonds. The Kier molecular flexibility index (Phi) is 25.0. The molecule has 26 heteroatoms. The normalized spacial score (nSPS) is 25.8. The van der Waals surface area contributed by atoms with Crippen LogP contribution in [0, 0.1) is 28.6 Å². The van der Waals surface area contributed by atoms with Gasteiger partial charge < -0.3 is 65.4 Å². The Bertz CT molecular complexity index is 2690. The van der Waals surface area contributed by atoms with Crippen molar-refractivity contribution in [1.29, 1.82) is 0 Å². The molecular formula is C59H80ClN7O18. The van der Waals surface area contributed by atoms with Crippen LogP contribution in [-0.2, 0) is 87.6 Å². The van der Waals surface area contributed by atoms with Crippen molar-refractivity contribution in [2.24, 2.45) is 28.6 Å². The number of benzene rings is 1. The number of carbonyl (C=O) groups is 11. The lowest BCUT2D eigenvalue weighted by molar-refractivity contribution is -0.203. The molecule has 4 aliphatic carbocycles. The lowest BCUT2D eigenvalue weighted by Crippen LogP contribution is -2.69. The number of alkyl halides is 1. The van der Waals surface area contributed by atoms with Gasteiger partial charge in [0.15, 0.2) is 11.4 Å². The summed E-state index contributed by atoms with van der Waals surface area (Å²) in [4.78, 5) is 139. The van der Waals surface area contributed by atoms with Crippen LogP contribution < -0.4 is 31.9 Å². The number of hydrogen-bond acceptors (Lipinski definition) is 18. The third kappa shape index (κ3) is 17.0. The van der Waals surface area contributed by atoms with Crippen LogP contribution in [0.2, 0.25) is 0 Å². The molecule has 85 heavy (non-hydrogen) atoms. The maximum absolute atomic E-state index is 14.6. The number of allylic oxidation sites excluding steroid dienone is 4. The summed E-state index contributed by atoms with van der Waals surface area (Å²) in [7, 11) is 0. The fraction of sp³-hybridized carbons (Fsp3) is 0.610. The highest BCUT2D eigenvalue weighted by Gasteiger charge is 2.76. The van der Waals surface area contributed by atoms with Gasteiger partial charge >= 0.3 is 5.97 Å². The molecule has 466 valence electrons. The molecule has 7 N–H and O–H groups in total. The van der Waals surface area contributed by atoms with E-state index in [1.165, 1.54) is 6.08 Å². The van der Waals surface area contributed by atoms with Crippen LogP contribution in [0.25, 0.3) is 0 Å². The molecule has 25 nitrogen and oxygen atoms in total. The van der Waals surface area contributed by atoms with Crippen LogP contribution in [0.5, 0.6) is 0 Å². The van der Waals surface area contributed by atoms with Gasteiger partial charge in [-0.1, -0.05) is 69.7 Å². The number of rotatable bonds is 35. The summed E-state index contributed by atoms with van der Waals surface area (Å²) in [6.45, 7) is 6.93. The number of nitrogens with one attached hydrogen (secondary N) is 6. The van der Waals surface area contributed by atoms with E-state index in [2.05, 4.69) is 31.9 Å². The minimum Gasteiger partial charge on any atom is -0.450 e. The number of ether oxygens (including phenoxy) is 6. The van der Waals surface area contributed by atoms with E-state index < -0.39 is 125 Å². The number of aliphatic hydroxyl groups is 1. The van der Waals surface area contributed by atoms with Gasteiger partial charge in [0.25, 0.3) is 11.8 Å². The van der Waals surface area contributed by atoms with Crippen molar-refractivity contribution in [1.82, 2.24) is 36.8 Å². The minimum absolute atomic E-state index is 0.00422. The molecule has 0 spiro atoms. The van der Waals surface area contributed by atoms with Crippen LogP contribution in [-0.4, -0.2) is 196 Å². The van der Waals surface area contributed by atoms with Crippen molar-refractivity contribution in [3.05, 3.63) is 71.8 Å². The van der Waals surface area contributed by atoms with E-state index >= 15 is 0 Å². The Balaban J connectivity index is 0.837. The maximum Gasteiger partial charge on any atom is 0.306 e. The SMILES string of the molecule is CCC(=O)O[C@]1(C(=O)COCNC(=O)CNC(=O)[C@H](Cc2ccccc2)NC(=O)CNC(=O)CNC(=O)CCOCCOCCOCCOCCNC(=O)CCN2C(=O)C=CC2=O)[C@@H](C)CC2[C@@H]3CCC4=CC(=O)C=C[C@]4(C)[C@@]3(Cl)[C@@H](O)C[C@@]21C. The molecule has 0 radical (unpaired) electrons. The number of hydrogen-bond donors (Lipinski definition) is 7. The zero-order valence-corrected chi connectivity index (χ0v) is 49.4. The second kappa shape index (κ2) is 31.6. The van der Waals surface area contributed by atoms with Crippen molar-refractivity contribution in [2.45, 2.75) is 102 Å². The molecule has 9 atom stereocenters. The maximum atomic E-state index is 14.6. The van der Waals surface area contributed by atoms with E-state index in [0.717, 1.165) is 22.6 Å². The highest BCUT2D eigenvalue weighted by Crippen LogP contribution is 2.72. The first-order valence-electron chi connectivity index (χ1n) is 28.8. The molecule has 1 aromatic rings. The van der Waals surface area contributed by atoms with Gasteiger partial charge in [-0.25, -0.2) is 0 Å². The van der Waals surface area contributed by atoms with Crippen LogP contribution >= 0.6 is 11.6 Å². The zero-order chi connectivity index (χ0) is 61.8.